The van der Waals surface area contributed by atoms with E-state index in [1.54, 1.807) is 0 Å². The van der Waals surface area contributed by atoms with Crippen LogP contribution in [0.3, 0.4) is 0 Å². The van der Waals surface area contributed by atoms with Gasteiger partial charge in [0.2, 0.25) is 5.82 Å². The van der Waals surface area contributed by atoms with Gasteiger partial charge in [-0.3, -0.25) is 9.89 Å². The summed E-state index contributed by atoms with van der Waals surface area (Å²) in [6.45, 7) is 4.09. The lowest BCUT2D eigenvalue weighted by molar-refractivity contribution is 0.0991. The number of hydrogen-bond donors (Lipinski definition) is 2. The molecule has 0 saturated heterocycles. The number of carbonyl (C=O) groups excluding carboxylic acids is 1. The van der Waals surface area contributed by atoms with Crippen LogP contribution in [-0.4, -0.2) is 21.1 Å². The van der Waals surface area contributed by atoms with Gasteiger partial charge in [0.05, 0.1) is 0 Å². The fraction of sp³-hybridized carbons (Fsp3) is 0.417. The Bertz CT molecular complexity index is 431. The number of aryl methyl sites for hydroxylation is 1. The van der Waals surface area contributed by atoms with E-state index in [-0.39, 0.29) is 5.82 Å². The van der Waals surface area contributed by atoms with E-state index < -0.39 is 5.91 Å². The summed E-state index contributed by atoms with van der Waals surface area (Å²) in [5.74, 6) is 0.127. The van der Waals surface area contributed by atoms with Crippen LogP contribution in [0.1, 0.15) is 43.1 Å². The van der Waals surface area contributed by atoms with Gasteiger partial charge in [-0.1, -0.05) is 30.7 Å². The van der Waals surface area contributed by atoms with E-state index in [2.05, 4.69) is 34.3 Å². The van der Waals surface area contributed by atoms with Gasteiger partial charge in [0.15, 0.2) is 0 Å². The Morgan fingerprint density at radius 1 is 1.53 bits per heavy atom. The maximum atomic E-state index is 10.8. The van der Waals surface area contributed by atoms with E-state index >= 15 is 0 Å². The number of nitrogens with one attached hydrogen (secondary N) is 1. The van der Waals surface area contributed by atoms with Crippen molar-refractivity contribution in [2.75, 3.05) is 0 Å². The Balaban J connectivity index is 2.59. The first-order chi connectivity index (χ1) is 8.17. The number of amides is 1. The van der Waals surface area contributed by atoms with Crippen molar-refractivity contribution >= 4 is 5.91 Å². The number of carbonyl (C=O) groups is 1. The second-order valence-corrected chi connectivity index (χ2v) is 3.66. The highest BCUT2D eigenvalue weighted by Crippen LogP contribution is 2.09. The zero-order valence-corrected chi connectivity index (χ0v) is 10.2. The smallest absolute Gasteiger partial charge is 0.288 e. The fourth-order valence-electron chi connectivity index (χ4n) is 1.51. The summed E-state index contributed by atoms with van der Waals surface area (Å²) >= 11 is 0. The lowest BCUT2D eigenvalue weighted by Crippen LogP contribution is -2.12. The van der Waals surface area contributed by atoms with Gasteiger partial charge >= 0.3 is 0 Å². The van der Waals surface area contributed by atoms with Gasteiger partial charge < -0.3 is 5.73 Å². The Hall–Kier alpha value is -1.91. The number of primary amides is 1. The lowest BCUT2D eigenvalue weighted by Gasteiger charge is -1.99. The Labute approximate surface area is 101 Å². The molecular formula is C12H18N4O. The molecule has 0 aliphatic heterocycles. The van der Waals surface area contributed by atoms with E-state index in [0.717, 1.165) is 19.3 Å². The maximum Gasteiger partial charge on any atom is 0.288 e. The van der Waals surface area contributed by atoms with Crippen LogP contribution >= 0.6 is 0 Å². The van der Waals surface area contributed by atoms with Crippen LogP contribution in [-0.2, 0) is 6.42 Å². The molecular weight excluding hydrogens is 216 g/mol. The van der Waals surface area contributed by atoms with Gasteiger partial charge in [0.25, 0.3) is 5.91 Å². The normalized spacial score (nSPS) is 12.2. The van der Waals surface area contributed by atoms with Crippen LogP contribution in [0.15, 0.2) is 23.8 Å². The molecule has 1 heterocycles. The van der Waals surface area contributed by atoms with Crippen molar-refractivity contribution in [2.45, 2.75) is 33.1 Å². The first-order valence-corrected chi connectivity index (χ1v) is 5.70. The molecule has 1 amide bonds. The molecule has 0 radical (unpaired) electrons. The van der Waals surface area contributed by atoms with E-state index in [9.17, 15) is 4.79 Å². The minimum absolute atomic E-state index is 0.0482. The van der Waals surface area contributed by atoms with Gasteiger partial charge in [-0.2, -0.15) is 0 Å². The predicted molar refractivity (Wildman–Crippen MR) is 66.4 cm³/mol. The molecule has 0 aromatic carbocycles. The molecule has 17 heavy (non-hydrogen) atoms. The fourth-order valence-corrected chi connectivity index (χ4v) is 1.51. The topological polar surface area (TPSA) is 84.7 Å². The van der Waals surface area contributed by atoms with E-state index in [1.165, 1.54) is 5.57 Å². The number of aromatic nitrogens is 3. The van der Waals surface area contributed by atoms with Crippen molar-refractivity contribution in [3.8, 4) is 0 Å². The quantitative estimate of drug-likeness (QED) is 0.735. The summed E-state index contributed by atoms with van der Waals surface area (Å²) in [5.41, 5.74) is 6.33. The summed E-state index contributed by atoms with van der Waals surface area (Å²) in [5, 5.41) is 6.45. The van der Waals surface area contributed by atoms with Crippen LogP contribution < -0.4 is 5.73 Å². The van der Waals surface area contributed by atoms with Gasteiger partial charge in [-0.15, -0.1) is 5.10 Å². The minimum atomic E-state index is -0.606. The van der Waals surface area contributed by atoms with Crippen molar-refractivity contribution < 1.29 is 4.79 Å². The molecule has 0 aliphatic rings. The van der Waals surface area contributed by atoms with Crippen molar-refractivity contribution in [1.29, 1.82) is 0 Å². The van der Waals surface area contributed by atoms with Gasteiger partial charge in [-0.25, -0.2) is 4.98 Å². The molecule has 5 nitrogen and oxygen atoms in total. The second kappa shape index (κ2) is 6.62. The number of aromatic amines is 1. The highest BCUT2D eigenvalue weighted by molar-refractivity contribution is 5.88. The molecule has 5 heteroatoms. The minimum Gasteiger partial charge on any atom is -0.363 e. The summed E-state index contributed by atoms with van der Waals surface area (Å²) in [4.78, 5) is 14.8. The average molecular weight is 234 g/mol. The summed E-state index contributed by atoms with van der Waals surface area (Å²) in [6.07, 6.45) is 8.85. The van der Waals surface area contributed by atoms with E-state index in [4.69, 9.17) is 5.73 Å². The zero-order valence-electron chi connectivity index (χ0n) is 10.2. The average Bonchev–Trinajstić information content (AvgIpc) is 2.75. The van der Waals surface area contributed by atoms with E-state index in [1.807, 2.05) is 13.0 Å². The standard InChI is InChI=1S/C12H18N4O/c1-3-5-9(6-4-2)7-8-10-14-12(11(13)17)16-15-10/h3,5-6H,4,7-8H2,1-2H3,(H2,13,17)(H,14,15,16)/b5-3-,9-6+. The number of nitrogens with zero attached hydrogens (tertiary/aromatic N) is 2. The predicted octanol–water partition coefficient (Wildman–Crippen LogP) is 1.75. The Morgan fingerprint density at radius 3 is 2.82 bits per heavy atom. The first-order valence-electron chi connectivity index (χ1n) is 5.70. The van der Waals surface area contributed by atoms with Crippen LogP contribution in [0.25, 0.3) is 0 Å². The molecule has 0 atom stereocenters. The first kappa shape index (κ1) is 13.2. The molecule has 0 aliphatic carbocycles. The maximum absolute atomic E-state index is 10.8. The highest BCUT2D eigenvalue weighted by Gasteiger charge is 2.07. The molecule has 92 valence electrons. The molecule has 0 saturated carbocycles. The van der Waals surface area contributed by atoms with Gasteiger partial charge in [-0.05, 0) is 19.8 Å². The molecule has 0 unspecified atom stereocenters. The van der Waals surface area contributed by atoms with Gasteiger partial charge in [0.1, 0.15) is 5.82 Å². The number of nitrogens with two attached hydrogens (primary N) is 1. The van der Waals surface area contributed by atoms with E-state index in [0.29, 0.717) is 5.82 Å². The molecule has 3 N–H and O–H groups in total. The monoisotopic (exact) mass is 234 g/mol. The third kappa shape index (κ3) is 4.22. The third-order valence-electron chi connectivity index (χ3n) is 2.25. The van der Waals surface area contributed by atoms with Gasteiger partial charge in [0, 0.05) is 6.42 Å². The zero-order chi connectivity index (χ0) is 12.7. The summed E-state index contributed by atoms with van der Waals surface area (Å²) in [7, 11) is 0. The van der Waals surface area contributed by atoms with Crippen molar-refractivity contribution in [3.63, 3.8) is 0 Å². The number of H-pyrrole nitrogens is 1. The Kier molecular flexibility index (Phi) is 5.13. The highest BCUT2D eigenvalue weighted by atomic mass is 16.1. The number of allylic oxidation sites excluding steroid dienone is 4. The number of rotatable bonds is 6. The van der Waals surface area contributed by atoms with Crippen LogP contribution in [0.5, 0.6) is 0 Å². The summed E-state index contributed by atoms with van der Waals surface area (Å²) in [6, 6.07) is 0. The SMILES string of the molecule is C/C=C\C(=C/CC)CCc1nc(C(N)=O)n[nH]1. The molecule has 1 aromatic heterocycles. The lowest BCUT2D eigenvalue weighted by atomic mass is 10.1. The Morgan fingerprint density at radius 2 is 2.29 bits per heavy atom. The number of hydrogen-bond acceptors (Lipinski definition) is 3. The molecule has 0 bridgehead atoms. The molecule has 0 spiro atoms. The molecule has 0 fully saturated rings. The van der Waals surface area contributed by atoms with Crippen LogP contribution in [0.4, 0.5) is 0 Å². The van der Waals surface area contributed by atoms with Crippen LogP contribution in [0.2, 0.25) is 0 Å². The van der Waals surface area contributed by atoms with Crippen LogP contribution in [0, 0.1) is 0 Å². The summed E-state index contributed by atoms with van der Waals surface area (Å²) < 4.78 is 0. The molecule has 1 aromatic rings. The largest absolute Gasteiger partial charge is 0.363 e. The molecule has 1 rings (SSSR count). The van der Waals surface area contributed by atoms with Crippen molar-refractivity contribution in [3.05, 3.63) is 35.4 Å². The van der Waals surface area contributed by atoms with Crippen molar-refractivity contribution in [2.24, 2.45) is 5.73 Å². The second-order valence-electron chi connectivity index (χ2n) is 3.66. The third-order valence-corrected chi connectivity index (χ3v) is 2.25. The van der Waals surface area contributed by atoms with Crippen molar-refractivity contribution in [1.82, 2.24) is 15.2 Å².